The van der Waals surface area contributed by atoms with Gasteiger partial charge in [-0.2, -0.15) is 0 Å². The topological polar surface area (TPSA) is 61.0 Å². The Morgan fingerprint density at radius 1 is 1.33 bits per heavy atom. The van der Waals surface area contributed by atoms with Crippen molar-refractivity contribution in [3.05, 3.63) is 35.9 Å². The lowest BCUT2D eigenvalue weighted by atomic mass is 10.2. The molecular formula is C11H13N2O2. The van der Waals surface area contributed by atoms with Gasteiger partial charge in [0, 0.05) is 12.7 Å². The minimum atomic E-state index is -0.252. The lowest BCUT2D eigenvalue weighted by Crippen LogP contribution is -2.24. The number of hydrogen-bond acceptors (Lipinski definition) is 1. The first kappa shape index (κ1) is 11.3. The van der Waals surface area contributed by atoms with Gasteiger partial charge in [0.15, 0.2) is 0 Å². The molecule has 2 N–H and O–H groups in total. The van der Waals surface area contributed by atoms with Crippen molar-refractivity contribution in [2.45, 2.75) is 0 Å². The Bertz CT molecular complexity index is 344. The summed E-state index contributed by atoms with van der Waals surface area (Å²) in [4.78, 5) is 11.0. The van der Waals surface area contributed by atoms with Gasteiger partial charge in [0.05, 0.1) is 0 Å². The summed E-state index contributed by atoms with van der Waals surface area (Å²) in [5, 5.41) is 15.3. The molecule has 0 bridgehead atoms. The summed E-state index contributed by atoms with van der Waals surface area (Å²) in [6.07, 6.45) is 3.29. The molecule has 4 heteroatoms. The van der Waals surface area contributed by atoms with Gasteiger partial charge in [-0.25, -0.2) is 9.90 Å². The Labute approximate surface area is 88.6 Å². The zero-order valence-electron chi connectivity index (χ0n) is 8.49. The van der Waals surface area contributed by atoms with Crippen molar-refractivity contribution in [2.75, 3.05) is 19.0 Å². The Hall–Kier alpha value is -1.81. The van der Waals surface area contributed by atoms with Crippen molar-refractivity contribution in [3.8, 4) is 0 Å². The van der Waals surface area contributed by atoms with E-state index in [0.29, 0.717) is 5.69 Å². The van der Waals surface area contributed by atoms with E-state index in [2.05, 4.69) is 10.6 Å². The highest BCUT2D eigenvalue weighted by Crippen LogP contribution is 2.10. The van der Waals surface area contributed by atoms with Crippen LogP contribution >= 0.6 is 0 Å². The second-order valence-corrected chi connectivity index (χ2v) is 2.90. The lowest BCUT2D eigenvalue weighted by Gasteiger charge is -2.03. The van der Waals surface area contributed by atoms with Crippen molar-refractivity contribution in [2.24, 2.45) is 0 Å². The summed E-state index contributed by atoms with van der Waals surface area (Å²) in [5.74, 6) is 0. The Kier molecular flexibility index (Phi) is 4.37. The van der Waals surface area contributed by atoms with Crippen LogP contribution in [0, 0.1) is 0 Å². The molecule has 0 aliphatic heterocycles. The second-order valence-electron chi connectivity index (χ2n) is 2.90. The molecule has 0 saturated heterocycles. The molecule has 79 valence electrons. The fourth-order valence-electron chi connectivity index (χ4n) is 1.06. The minimum Gasteiger partial charge on any atom is -0.341 e. The molecule has 0 aliphatic carbocycles. The molecule has 1 radical (unpaired) electrons. The van der Waals surface area contributed by atoms with Crippen molar-refractivity contribution >= 4 is 17.8 Å². The van der Waals surface area contributed by atoms with Gasteiger partial charge in [-0.15, -0.1) is 0 Å². The van der Waals surface area contributed by atoms with Crippen LogP contribution in [0.2, 0.25) is 0 Å². The molecule has 4 nitrogen and oxygen atoms in total. The van der Waals surface area contributed by atoms with Crippen LogP contribution in [0.25, 0.3) is 6.08 Å². The molecule has 0 aliphatic rings. The van der Waals surface area contributed by atoms with E-state index in [4.69, 9.17) is 0 Å². The average Bonchev–Trinajstić information content (AvgIpc) is 2.28. The molecule has 0 fully saturated rings. The maximum atomic E-state index is 11.0. The number of rotatable bonds is 3. The van der Waals surface area contributed by atoms with Crippen molar-refractivity contribution < 1.29 is 9.90 Å². The first-order chi connectivity index (χ1) is 7.26. The highest BCUT2D eigenvalue weighted by molar-refractivity contribution is 5.89. The van der Waals surface area contributed by atoms with Crippen LogP contribution in [0.1, 0.15) is 5.56 Å². The molecule has 0 atom stereocenters. The van der Waals surface area contributed by atoms with Gasteiger partial charge in [-0.1, -0.05) is 24.3 Å². The third kappa shape index (κ3) is 3.83. The van der Waals surface area contributed by atoms with Crippen LogP contribution in [0.4, 0.5) is 10.5 Å². The first-order valence-corrected chi connectivity index (χ1v) is 4.59. The van der Waals surface area contributed by atoms with E-state index in [9.17, 15) is 9.90 Å². The smallest absolute Gasteiger partial charge is 0.318 e. The summed E-state index contributed by atoms with van der Waals surface area (Å²) >= 11 is 0. The van der Waals surface area contributed by atoms with Gasteiger partial charge >= 0.3 is 6.03 Å². The number of carbonyl (C=O) groups excluding carboxylic acids is 1. The predicted molar refractivity (Wildman–Crippen MR) is 59.1 cm³/mol. The number of hydrogen-bond donors (Lipinski definition) is 2. The maximum Gasteiger partial charge on any atom is 0.318 e. The number of carbonyl (C=O) groups is 1. The predicted octanol–water partition coefficient (Wildman–Crippen LogP) is 1.88. The molecule has 15 heavy (non-hydrogen) atoms. The van der Waals surface area contributed by atoms with Crippen LogP contribution in [-0.2, 0) is 5.11 Å². The zero-order chi connectivity index (χ0) is 11.1. The summed E-state index contributed by atoms with van der Waals surface area (Å²) < 4.78 is 0. The zero-order valence-corrected chi connectivity index (χ0v) is 8.49. The highest BCUT2D eigenvalue weighted by atomic mass is 16.2. The summed E-state index contributed by atoms with van der Waals surface area (Å²) in [7, 11) is 1.56. The van der Waals surface area contributed by atoms with Gasteiger partial charge in [0.25, 0.3) is 0 Å². The number of nitrogens with one attached hydrogen (secondary N) is 2. The van der Waals surface area contributed by atoms with Crippen molar-refractivity contribution in [3.63, 3.8) is 0 Å². The number of anilines is 1. The van der Waals surface area contributed by atoms with Gasteiger partial charge in [-0.05, 0) is 17.7 Å². The van der Waals surface area contributed by atoms with E-state index >= 15 is 0 Å². The summed E-state index contributed by atoms with van der Waals surface area (Å²) in [5.41, 5.74) is 1.65. The number of benzene rings is 1. The molecular weight excluding hydrogens is 192 g/mol. The van der Waals surface area contributed by atoms with Crippen LogP contribution in [0.5, 0.6) is 0 Å². The van der Waals surface area contributed by atoms with Gasteiger partial charge in [-0.3, -0.25) is 0 Å². The van der Waals surface area contributed by atoms with E-state index in [-0.39, 0.29) is 12.6 Å². The number of urea groups is 1. The summed E-state index contributed by atoms with van der Waals surface area (Å²) in [6, 6.07) is 6.96. The fourth-order valence-corrected chi connectivity index (χ4v) is 1.06. The van der Waals surface area contributed by atoms with E-state index in [1.807, 2.05) is 12.1 Å². The Morgan fingerprint density at radius 2 is 2.00 bits per heavy atom. The molecule has 0 aromatic heterocycles. The minimum absolute atomic E-state index is 0.224. The fraction of sp³-hybridized carbons (Fsp3) is 0.182. The average molecular weight is 205 g/mol. The van der Waals surface area contributed by atoms with Crippen LogP contribution in [-0.4, -0.2) is 19.7 Å². The van der Waals surface area contributed by atoms with Gasteiger partial charge in [0.2, 0.25) is 0 Å². The maximum absolute atomic E-state index is 11.0. The second kappa shape index (κ2) is 5.82. The molecule has 1 aromatic carbocycles. The van der Waals surface area contributed by atoms with Crippen LogP contribution in [0.15, 0.2) is 30.3 Å². The van der Waals surface area contributed by atoms with E-state index in [1.54, 1.807) is 31.3 Å². The van der Waals surface area contributed by atoms with Gasteiger partial charge in [0.1, 0.15) is 6.61 Å². The lowest BCUT2D eigenvalue weighted by molar-refractivity contribution is 0.233. The van der Waals surface area contributed by atoms with Crippen molar-refractivity contribution in [1.82, 2.24) is 5.32 Å². The SMILES string of the molecule is CNC(=O)Nc1ccc(C=CC[O])cc1. The quantitative estimate of drug-likeness (QED) is 0.777. The molecule has 0 heterocycles. The number of amides is 2. The van der Waals surface area contributed by atoms with Gasteiger partial charge < -0.3 is 10.6 Å². The van der Waals surface area contributed by atoms with E-state index in [0.717, 1.165) is 5.56 Å². The highest BCUT2D eigenvalue weighted by Gasteiger charge is 1.96. The third-order valence-electron chi connectivity index (χ3n) is 1.80. The molecule has 1 aromatic rings. The van der Waals surface area contributed by atoms with Crippen molar-refractivity contribution in [1.29, 1.82) is 0 Å². The van der Waals surface area contributed by atoms with Crippen LogP contribution in [0.3, 0.4) is 0 Å². The van der Waals surface area contributed by atoms with E-state index < -0.39 is 0 Å². The van der Waals surface area contributed by atoms with E-state index in [1.165, 1.54) is 0 Å². The standard InChI is InChI=1S/C11H13N2O2/c1-12-11(15)13-10-6-4-9(5-7-10)3-2-8-14/h2-7H,8H2,1H3,(H2,12,13,15). The monoisotopic (exact) mass is 205 g/mol. The molecule has 2 amide bonds. The Morgan fingerprint density at radius 3 is 2.53 bits per heavy atom. The molecule has 1 rings (SSSR count). The molecule has 0 saturated carbocycles. The molecule has 0 unspecified atom stereocenters. The summed E-state index contributed by atoms with van der Waals surface area (Å²) in [6.45, 7) is -0.224. The largest absolute Gasteiger partial charge is 0.341 e. The van der Waals surface area contributed by atoms with Crippen LogP contribution < -0.4 is 10.6 Å². The normalized spacial score (nSPS) is 10.3. The molecule has 0 spiro atoms. The third-order valence-corrected chi connectivity index (χ3v) is 1.80. The first-order valence-electron chi connectivity index (χ1n) is 4.59. The Balaban J connectivity index is 2.64.